The quantitative estimate of drug-likeness (QED) is 0.466. The van der Waals surface area contributed by atoms with Crippen molar-refractivity contribution in [1.29, 1.82) is 0 Å². The van der Waals surface area contributed by atoms with E-state index < -0.39 is 5.91 Å². The summed E-state index contributed by atoms with van der Waals surface area (Å²) in [6, 6.07) is 4.99. The van der Waals surface area contributed by atoms with E-state index in [9.17, 15) is 9.59 Å². The molecule has 2 aromatic rings. The van der Waals surface area contributed by atoms with Gasteiger partial charge in [0.15, 0.2) is 5.76 Å². The van der Waals surface area contributed by atoms with Crippen molar-refractivity contribution in [2.24, 2.45) is 5.84 Å². The van der Waals surface area contributed by atoms with Crippen LogP contribution in [-0.4, -0.2) is 10.5 Å². The number of carbonyl (C=O) groups excluding carboxylic acids is 1. The lowest BCUT2D eigenvalue weighted by Gasteiger charge is -2.05. The first-order valence-electron chi connectivity index (χ1n) is 5.36. The number of amides is 1. The molecule has 0 saturated heterocycles. The Bertz CT molecular complexity index is 627. The second-order valence-corrected chi connectivity index (χ2v) is 3.92. The van der Waals surface area contributed by atoms with Gasteiger partial charge in [0, 0.05) is 17.8 Å². The topological polar surface area (TPSA) is 90.3 Å². The molecule has 6 heteroatoms. The fraction of sp³-hybridized carbons (Fsp3) is 0.167. The third kappa shape index (κ3) is 2.33. The van der Waals surface area contributed by atoms with Crippen LogP contribution in [-0.2, 0) is 6.54 Å². The number of nitrogens with one attached hydrogen (secondary N) is 1. The van der Waals surface area contributed by atoms with Gasteiger partial charge in [0.2, 0.25) is 0 Å². The van der Waals surface area contributed by atoms with Crippen LogP contribution in [0.1, 0.15) is 21.7 Å². The largest absolute Gasteiger partial charge is 0.459 e. The molecule has 0 atom stereocenters. The summed E-state index contributed by atoms with van der Waals surface area (Å²) in [6.07, 6.45) is 3.06. The second kappa shape index (κ2) is 4.89. The Morgan fingerprint density at radius 3 is 2.94 bits per heavy atom. The van der Waals surface area contributed by atoms with E-state index in [0.717, 1.165) is 5.56 Å². The number of aryl methyl sites for hydroxylation is 1. The Morgan fingerprint density at radius 1 is 1.50 bits per heavy atom. The summed E-state index contributed by atoms with van der Waals surface area (Å²) in [4.78, 5) is 23.1. The molecule has 0 unspecified atom stereocenters. The molecule has 2 aromatic heterocycles. The summed E-state index contributed by atoms with van der Waals surface area (Å²) in [7, 11) is 0. The number of aromatic nitrogens is 1. The molecule has 0 aliphatic heterocycles. The first-order chi connectivity index (χ1) is 8.61. The van der Waals surface area contributed by atoms with Crippen LogP contribution in [0.5, 0.6) is 0 Å². The average Bonchev–Trinajstić information content (AvgIpc) is 2.80. The van der Waals surface area contributed by atoms with Gasteiger partial charge in [-0.25, -0.2) is 5.84 Å². The summed E-state index contributed by atoms with van der Waals surface area (Å²) >= 11 is 0. The summed E-state index contributed by atoms with van der Waals surface area (Å²) in [5.74, 6) is 4.64. The van der Waals surface area contributed by atoms with Crippen molar-refractivity contribution in [1.82, 2.24) is 9.99 Å². The van der Waals surface area contributed by atoms with Crippen molar-refractivity contribution in [3.63, 3.8) is 0 Å². The molecule has 2 rings (SSSR count). The maximum absolute atomic E-state index is 11.7. The minimum Gasteiger partial charge on any atom is -0.459 e. The normalized spacial score (nSPS) is 10.3. The molecular weight excluding hydrogens is 234 g/mol. The van der Waals surface area contributed by atoms with E-state index in [4.69, 9.17) is 10.3 Å². The van der Waals surface area contributed by atoms with Crippen molar-refractivity contribution < 1.29 is 9.21 Å². The van der Waals surface area contributed by atoms with Gasteiger partial charge in [0.1, 0.15) is 0 Å². The molecule has 0 aliphatic rings. The van der Waals surface area contributed by atoms with Crippen LogP contribution < -0.4 is 16.8 Å². The first kappa shape index (κ1) is 12.1. The zero-order valence-corrected chi connectivity index (χ0v) is 9.84. The van der Waals surface area contributed by atoms with Crippen LogP contribution in [0.2, 0.25) is 0 Å². The molecule has 2 heterocycles. The van der Waals surface area contributed by atoms with Gasteiger partial charge in [-0.05, 0) is 24.6 Å². The molecule has 0 spiro atoms. The summed E-state index contributed by atoms with van der Waals surface area (Å²) in [5.41, 5.74) is 3.36. The number of hydrogen-bond acceptors (Lipinski definition) is 4. The molecule has 0 fully saturated rings. The van der Waals surface area contributed by atoms with Crippen molar-refractivity contribution in [2.75, 3.05) is 0 Å². The third-order valence-corrected chi connectivity index (χ3v) is 2.58. The fourth-order valence-electron chi connectivity index (χ4n) is 1.65. The average molecular weight is 247 g/mol. The zero-order chi connectivity index (χ0) is 13.1. The molecule has 0 bridgehead atoms. The Balaban J connectivity index is 2.32. The highest BCUT2D eigenvalue weighted by atomic mass is 16.3. The van der Waals surface area contributed by atoms with Gasteiger partial charge in [-0.2, -0.15) is 0 Å². The van der Waals surface area contributed by atoms with E-state index in [-0.39, 0.29) is 17.9 Å². The summed E-state index contributed by atoms with van der Waals surface area (Å²) in [6.45, 7) is 2.11. The molecule has 0 aromatic carbocycles. The fourth-order valence-corrected chi connectivity index (χ4v) is 1.65. The Morgan fingerprint density at radius 2 is 2.28 bits per heavy atom. The Hall–Kier alpha value is -2.34. The van der Waals surface area contributed by atoms with E-state index in [1.165, 1.54) is 16.9 Å². The van der Waals surface area contributed by atoms with Gasteiger partial charge in [-0.15, -0.1) is 0 Å². The van der Waals surface area contributed by atoms with Gasteiger partial charge < -0.3 is 8.98 Å². The van der Waals surface area contributed by atoms with E-state index in [0.29, 0.717) is 5.56 Å². The minimum absolute atomic E-state index is 0.116. The van der Waals surface area contributed by atoms with Gasteiger partial charge in [-0.3, -0.25) is 15.0 Å². The number of nitrogens with two attached hydrogens (primary N) is 1. The maximum Gasteiger partial charge on any atom is 0.301 e. The molecule has 0 aliphatic carbocycles. The number of furan rings is 1. The van der Waals surface area contributed by atoms with E-state index >= 15 is 0 Å². The molecular formula is C12H13N3O3. The van der Waals surface area contributed by atoms with Gasteiger partial charge in [0.25, 0.3) is 5.56 Å². The monoisotopic (exact) mass is 247 g/mol. The van der Waals surface area contributed by atoms with E-state index in [1.54, 1.807) is 12.3 Å². The van der Waals surface area contributed by atoms with Crippen LogP contribution >= 0.6 is 0 Å². The molecule has 1 amide bonds. The number of nitrogens with zero attached hydrogens (tertiary/aromatic N) is 1. The summed E-state index contributed by atoms with van der Waals surface area (Å²) < 4.78 is 6.54. The molecule has 3 N–H and O–H groups in total. The number of nitrogen functional groups attached to an aromatic ring is 1. The molecule has 6 nitrogen and oxygen atoms in total. The van der Waals surface area contributed by atoms with Crippen LogP contribution in [0.25, 0.3) is 0 Å². The lowest BCUT2D eigenvalue weighted by Crippen LogP contribution is -2.30. The maximum atomic E-state index is 11.7. The minimum atomic E-state index is -0.518. The SMILES string of the molecule is Cc1ccn(Cc2ccoc2C(=O)NN)c(=O)c1. The van der Waals surface area contributed by atoms with Crippen LogP contribution in [0.4, 0.5) is 0 Å². The third-order valence-electron chi connectivity index (χ3n) is 2.58. The highest BCUT2D eigenvalue weighted by Gasteiger charge is 2.14. The van der Waals surface area contributed by atoms with Crippen molar-refractivity contribution >= 4 is 5.91 Å². The van der Waals surface area contributed by atoms with Crippen LogP contribution in [0.15, 0.2) is 39.9 Å². The highest BCUT2D eigenvalue weighted by Crippen LogP contribution is 2.11. The highest BCUT2D eigenvalue weighted by molar-refractivity contribution is 5.92. The number of pyridine rings is 1. The molecule has 0 saturated carbocycles. The Labute approximate surface area is 103 Å². The number of rotatable bonds is 3. The predicted molar refractivity (Wildman–Crippen MR) is 64.9 cm³/mol. The van der Waals surface area contributed by atoms with Gasteiger partial charge >= 0.3 is 5.91 Å². The molecule has 0 radical (unpaired) electrons. The smallest absolute Gasteiger partial charge is 0.301 e. The van der Waals surface area contributed by atoms with Crippen LogP contribution in [0.3, 0.4) is 0 Å². The first-order valence-corrected chi connectivity index (χ1v) is 5.36. The van der Waals surface area contributed by atoms with Crippen molar-refractivity contribution in [2.45, 2.75) is 13.5 Å². The predicted octanol–water partition coefficient (Wildman–Crippen LogP) is 0.402. The number of hydrazine groups is 1. The van der Waals surface area contributed by atoms with E-state index in [1.807, 2.05) is 18.4 Å². The van der Waals surface area contributed by atoms with Gasteiger partial charge in [-0.1, -0.05) is 0 Å². The number of hydrogen-bond donors (Lipinski definition) is 2. The molecule has 94 valence electrons. The van der Waals surface area contributed by atoms with Crippen molar-refractivity contribution in [3.8, 4) is 0 Å². The molecule has 18 heavy (non-hydrogen) atoms. The van der Waals surface area contributed by atoms with Crippen LogP contribution in [0, 0.1) is 6.92 Å². The zero-order valence-electron chi connectivity index (χ0n) is 9.84. The summed E-state index contributed by atoms with van der Waals surface area (Å²) in [5, 5.41) is 0. The standard InChI is InChI=1S/C12H13N3O3/c1-8-2-4-15(10(16)6-8)7-9-3-5-18-11(9)12(17)14-13/h2-6H,7,13H2,1H3,(H,14,17). The lowest BCUT2D eigenvalue weighted by molar-refractivity contribution is 0.0924. The Kier molecular flexibility index (Phi) is 3.29. The second-order valence-electron chi connectivity index (χ2n) is 3.92. The van der Waals surface area contributed by atoms with E-state index in [2.05, 4.69) is 0 Å². The number of carbonyl (C=O) groups is 1. The lowest BCUT2D eigenvalue weighted by atomic mass is 10.2. The van der Waals surface area contributed by atoms with Crippen molar-refractivity contribution in [3.05, 3.63) is 57.9 Å². The van der Waals surface area contributed by atoms with Gasteiger partial charge in [0.05, 0.1) is 12.8 Å².